The molecule has 13 nitrogen and oxygen atoms in total. The number of fused-ring (bicyclic) bond motifs is 1. The van der Waals surface area contributed by atoms with E-state index < -0.39 is 18.3 Å². The monoisotopic (exact) mass is 546 g/mol. The summed E-state index contributed by atoms with van der Waals surface area (Å²) >= 11 is 0. The van der Waals surface area contributed by atoms with Crippen LogP contribution < -0.4 is 15.4 Å². The number of amides is 5. The third-order valence-corrected chi connectivity index (χ3v) is 6.57. The van der Waals surface area contributed by atoms with Crippen LogP contribution in [0, 0.1) is 0 Å². The first-order valence-corrected chi connectivity index (χ1v) is 12.8. The average molecular weight is 547 g/mol. The Balaban J connectivity index is 1.73. The zero-order chi connectivity index (χ0) is 28.4. The molecule has 1 aromatic rings. The number of piperazine rings is 1. The molecule has 39 heavy (non-hydrogen) atoms. The molecule has 2 saturated heterocycles. The largest absolute Gasteiger partial charge is 0.497 e. The number of urea groups is 1. The first-order chi connectivity index (χ1) is 18.8. The molecule has 2 fully saturated rings. The van der Waals surface area contributed by atoms with Crippen molar-refractivity contribution < 1.29 is 33.4 Å². The maximum Gasteiger partial charge on any atom is 0.407 e. The Morgan fingerprint density at radius 2 is 1.90 bits per heavy atom. The standard InChI is InChI=1S/C26H38N6O7/c1-5-14-39-26(36)27-12-6-7-21-24(34)30(13-15-37-3)17-22-31(21)23(33)18-29(2)32(22)25(35)28-16-19-8-10-20(38-4)11-9-19/h5,8-11,21-22H,1,6-7,12-18H2,2-4H3,(H,27,36)(H,28,35). The molecule has 0 bridgehead atoms. The number of benzene rings is 1. The van der Waals surface area contributed by atoms with Crippen LogP contribution >= 0.6 is 0 Å². The number of carbonyl (C=O) groups excluding carboxylic acids is 4. The molecule has 0 radical (unpaired) electrons. The maximum atomic E-state index is 13.4. The highest BCUT2D eigenvalue weighted by Gasteiger charge is 2.50. The predicted molar refractivity (Wildman–Crippen MR) is 141 cm³/mol. The summed E-state index contributed by atoms with van der Waals surface area (Å²) in [6, 6.07) is 6.17. The van der Waals surface area contributed by atoms with Crippen LogP contribution in [-0.2, 0) is 25.6 Å². The number of nitrogens with one attached hydrogen (secondary N) is 2. The fourth-order valence-corrected chi connectivity index (χ4v) is 4.66. The summed E-state index contributed by atoms with van der Waals surface area (Å²) in [5.41, 5.74) is 0.884. The van der Waals surface area contributed by atoms with E-state index in [0.717, 1.165) is 5.56 Å². The molecule has 0 spiro atoms. The number of hydrazine groups is 1. The molecule has 0 saturated carbocycles. The van der Waals surface area contributed by atoms with Crippen LogP contribution in [-0.4, -0.2) is 117 Å². The summed E-state index contributed by atoms with van der Waals surface area (Å²) in [5.74, 6) is 0.256. The molecule has 1 aromatic carbocycles. The smallest absolute Gasteiger partial charge is 0.407 e. The van der Waals surface area contributed by atoms with Gasteiger partial charge in [0.05, 0.1) is 26.8 Å². The number of ether oxygens (including phenoxy) is 3. The van der Waals surface area contributed by atoms with Crippen LogP contribution in [0.1, 0.15) is 18.4 Å². The molecule has 2 atom stereocenters. The Morgan fingerprint density at radius 1 is 1.15 bits per heavy atom. The van der Waals surface area contributed by atoms with Gasteiger partial charge in [0.1, 0.15) is 24.6 Å². The SMILES string of the molecule is C=CCOC(=O)NCCCC1C(=O)N(CCOC)CC2N1C(=O)CN(C)N2C(=O)NCc1ccc(OC)cc1. The minimum absolute atomic E-state index is 0.0551. The molecule has 13 heteroatoms. The van der Waals surface area contributed by atoms with Crippen LogP contribution in [0.4, 0.5) is 9.59 Å². The van der Waals surface area contributed by atoms with Crippen LogP contribution in [0.2, 0.25) is 0 Å². The Kier molecular flexibility index (Phi) is 10.9. The lowest BCUT2D eigenvalue weighted by molar-refractivity contribution is -0.187. The van der Waals surface area contributed by atoms with Gasteiger partial charge in [0.2, 0.25) is 11.8 Å². The molecule has 5 amide bonds. The zero-order valence-electron chi connectivity index (χ0n) is 22.8. The highest BCUT2D eigenvalue weighted by molar-refractivity contribution is 5.91. The van der Waals surface area contributed by atoms with E-state index in [2.05, 4.69) is 17.2 Å². The van der Waals surface area contributed by atoms with Crippen molar-refractivity contribution in [2.45, 2.75) is 31.6 Å². The Morgan fingerprint density at radius 3 is 2.56 bits per heavy atom. The van der Waals surface area contributed by atoms with Gasteiger partial charge in [0.25, 0.3) is 0 Å². The minimum atomic E-state index is -0.787. The molecule has 214 valence electrons. The normalized spacial score (nSPS) is 19.4. The van der Waals surface area contributed by atoms with E-state index in [1.807, 2.05) is 24.3 Å². The lowest BCUT2D eigenvalue weighted by atomic mass is 10.0. The van der Waals surface area contributed by atoms with E-state index in [4.69, 9.17) is 14.2 Å². The van der Waals surface area contributed by atoms with Gasteiger partial charge in [0.15, 0.2) is 0 Å². The van der Waals surface area contributed by atoms with E-state index in [9.17, 15) is 19.2 Å². The minimum Gasteiger partial charge on any atom is -0.497 e. The molecular formula is C26H38N6O7. The van der Waals surface area contributed by atoms with Gasteiger partial charge >= 0.3 is 12.1 Å². The third kappa shape index (κ3) is 7.60. The van der Waals surface area contributed by atoms with Crippen molar-refractivity contribution >= 4 is 23.9 Å². The summed E-state index contributed by atoms with van der Waals surface area (Å²) in [7, 11) is 4.81. The summed E-state index contributed by atoms with van der Waals surface area (Å²) in [4.78, 5) is 54.9. The quantitative estimate of drug-likeness (QED) is 0.290. The van der Waals surface area contributed by atoms with E-state index in [0.29, 0.717) is 31.7 Å². The number of methoxy groups -OCH3 is 2. The van der Waals surface area contributed by atoms with Crippen molar-refractivity contribution in [3.63, 3.8) is 0 Å². The van der Waals surface area contributed by atoms with Crippen LogP contribution in [0.5, 0.6) is 5.75 Å². The number of nitrogens with zero attached hydrogens (tertiary/aromatic N) is 4. The van der Waals surface area contributed by atoms with E-state index in [1.54, 1.807) is 31.2 Å². The van der Waals surface area contributed by atoms with Crippen molar-refractivity contribution in [1.82, 2.24) is 30.5 Å². The maximum absolute atomic E-state index is 13.4. The number of rotatable bonds is 12. The number of alkyl carbamates (subject to hydrolysis) is 1. The molecule has 2 aliphatic rings. The van der Waals surface area contributed by atoms with Gasteiger partial charge in [0, 0.05) is 33.8 Å². The van der Waals surface area contributed by atoms with Gasteiger partial charge in [-0.2, -0.15) is 0 Å². The third-order valence-electron chi connectivity index (χ3n) is 6.57. The van der Waals surface area contributed by atoms with E-state index >= 15 is 0 Å². The Bertz CT molecular complexity index is 1020. The van der Waals surface area contributed by atoms with Gasteiger partial charge in [-0.15, -0.1) is 0 Å². The average Bonchev–Trinajstić information content (AvgIpc) is 2.93. The Hall–Kier alpha value is -3.84. The lowest BCUT2D eigenvalue weighted by Gasteiger charge is -2.54. The van der Waals surface area contributed by atoms with Crippen molar-refractivity contribution in [3.05, 3.63) is 42.5 Å². The van der Waals surface area contributed by atoms with E-state index in [-0.39, 0.29) is 50.6 Å². The van der Waals surface area contributed by atoms with Gasteiger partial charge in [-0.25, -0.2) is 19.6 Å². The van der Waals surface area contributed by atoms with Gasteiger partial charge in [-0.1, -0.05) is 24.8 Å². The van der Waals surface area contributed by atoms with Crippen molar-refractivity contribution in [2.75, 3.05) is 60.7 Å². The van der Waals surface area contributed by atoms with Gasteiger partial charge in [-0.3, -0.25) is 9.59 Å². The highest BCUT2D eigenvalue weighted by atomic mass is 16.5. The number of hydrogen-bond donors (Lipinski definition) is 2. The topological polar surface area (TPSA) is 133 Å². The molecule has 2 heterocycles. The molecule has 2 aliphatic heterocycles. The second-order valence-electron chi connectivity index (χ2n) is 9.20. The summed E-state index contributed by atoms with van der Waals surface area (Å²) < 4.78 is 15.3. The van der Waals surface area contributed by atoms with Gasteiger partial charge < -0.3 is 34.6 Å². The molecule has 3 rings (SSSR count). The van der Waals surface area contributed by atoms with Crippen molar-refractivity contribution in [2.24, 2.45) is 0 Å². The van der Waals surface area contributed by atoms with Crippen molar-refractivity contribution in [3.8, 4) is 5.75 Å². The van der Waals surface area contributed by atoms with Crippen molar-refractivity contribution in [1.29, 1.82) is 0 Å². The van der Waals surface area contributed by atoms with Crippen LogP contribution in [0.15, 0.2) is 36.9 Å². The number of carbonyl (C=O) groups is 4. The summed E-state index contributed by atoms with van der Waals surface area (Å²) in [6.07, 6.45) is 0.912. The van der Waals surface area contributed by atoms with Crippen LogP contribution in [0.25, 0.3) is 0 Å². The molecule has 2 unspecified atom stereocenters. The second-order valence-corrected chi connectivity index (χ2v) is 9.20. The zero-order valence-corrected chi connectivity index (χ0v) is 22.8. The first-order valence-electron chi connectivity index (χ1n) is 12.8. The molecule has 0 aliphatic carbocycles. The fraction of sp³-hybridized carbons (Fsp3) is 0.538. The molecular weight excluding hydrogens is 508 g/mol. The summed E-state index contributed by atoms with van der Waals surface area (Å²) in [6.45, 7) is 4.85. The lowest BCUT2D eigenvalue weighted by Crippen LogP contribution is -2.76. The first kappa shape index (κ1) is 29.7. The predicted octanol–water partition coefficient (Wildman–Crippen LogP) is 0.772. The van der Waals surface area contributed by atoms with E-state index in [1.165, 1.54) is 16.0 Å². The molecule has 2 N–H and O–H groups in total. The highest BCUT2D eigenvalue weighted by Crippen LogP contribution is 2.28. The fourth-order valence-electron chi connectivity index (χ4n) is 4.66. The Labute approximate surface area is 228 Å². The summed E-state index contributed by atoms with van der Waals surface area (Å²) in [5, 5.41) is 8.62. The number of likely N-dealkylation sites (N-methyl/N-ethyl adjacent to an activating group) is 1. The van der Waals surface area contributed by atoms with Gasteiger partial charge in [-0.05, 0) is 30.5 Å². The number of hydrogen-bond acceptors (Lipinski definition) is 8. The second kappa shape index (κ2) is 14.4. The molecule has 0 aromatic heterocycles. The van der Waals surface area contributed by atoms with Crippen LogP contribution in [0.3, 0.4) is 0 Å².